The standard InChI is InChI=1S/C14H12N4/c15-12-9-5-4-8-11(12)14-16-13(17-18-14)10-6-2-1-3-7-10/h1-9H,15H2,(H,16,17,18). The van der Waals surface area contributed by atoms with Crippen LogP contribution in [-0.2, 0) is 0 Å². The molecule has 88 valence electrons. The molecule has 1 heterocycles. The fraction of sp³-hybridized carbons (Fsp3) is 0. The molecule has 3 N–H and O–H groups in total. The van der Waals surface area contributed by atoms with Gasteiger partial charge in [0, 0.05) is 16.8 Å². The molecule has 0 aliphatic rings. The molecule has 0 aliphatic carbocycles. The topological polar surface area (TPSA) is 67.6 Å². The highest BCUT2D eigenvalue weighted by molar-refractivity contribution is 5.72. The van der Waals surface area contributed by atoms with E-state index >= 15 is 0 Å². The summed E-state index contributed by atoms with van der Waals surface area (Å²) in [4.78, 5) is 4.46. The maximum Gasteiger partial charge on any atom is 0.181 e. The van der Waals surface area contributed by atoms with Gasteiger partial charge >= 0.3 is 0 Å². The lowest BCUT2D eigenvalue weighted by Crippen LogP contribution is -1.90. The Labute approximate surface area is 105 Å². The van der Waals surface area contributed by atoms with Crippen molar-refractivity contribution in [2.24, 2.45) is 0 Å². The molecule has 0 radical (unpaired) electrons. The Morgan fingerprint density at radius 2 is 1.61 bits per heavy atom. The van der Waals surface area contributed by atoms with Crippen molar-refractivity contribution in [1.82, 2.24) is 15.2 Å². The van der Waals surface area contributed by atoms with Gasteiger partial charge in [-0.05, 0) is 12.1 Å². The zero-order valence-electron chi connectivity index (χ0n) is 9.67. The van der Waals surface area contributed by atoms with Gasteiger partial charge in [-0.3, -0.25) is 5.10 Å². The van der Waals surface area contributed by atoms with Gasteiger partial charge in [0.25, 0.3) is 0 Å². The molecule has 2 aromatic carbocycles. The van der Waals surface area contributed by atoms with E-state index in [0.717, 1.165) is 11.1 Å². The normalized spacial score (nSPS) is 10.4. The Bertz CT molecular complexity index is 658. The van der Waals surface area contributed by atoms with Crippen molar-refractivity contribution in [3.8, 4) is 22.8 Å². The molecule has 0 saturated carbocycles. The third-order valence-electron chi connectivity index (χ3n) is 2.73. The molecule has 0 unspecified atom stereocenters. The van der Waals surface area contributed by atoms with Crippen LogP contribution in [-0.4, -0.2) is 15.2 Å². The summed E-state index contributed by atoms with van der Waals surface area (Å²) in [5.74, 6) is 1.36. The average Bonchev–Trinajstić information content (AvgIpc) is 2.90. The number of anilines is 1. The zero-order valence-corrected chi connectivity index (χ0v) is 9.67. The average molecular weight is 236 g/mol. The van der Waals surface area contributed by atoms with E-state index in [1.807, 2.05) is 54.6 Å². The van der Waals surface area contributed by atoms with Gasteiger partial charge in [-0.1, -0.05) is 42.5 Å². The Morgan fingerprint density at radius 3 is 2.39 bits per heavy atom. The minimum atomic E-state index is 0.675. The Hall–Kier alpha value is -2.62. The van der Waals surface area contributed by atoms with Crippen LogP contribution in [0.25, 0.3) is 22.8 Å². The van der Waals surface area contributed by atoms with Crippen molar-refractivity contribution in [1.29, 1.82) is 0 Å². The lowest BCUT2D eigenvalue weighted by atomic mass is 10.2. The number of aromatic nitrogens is 3. The minimum Gasteiger partial charge on any atom is -0.398 e. The molecule has 0 saturated heterocycles. The van der Waals surface area contributed by atoms with Crippen molar-refractivity contribution < 1.29 is 0 Å². The number of benzene rings is 2. The second kappa shape index (κ2) is 4.33. The van der Waals surface area contributed by atoms with Gasteiger partial charge < -0.3 is 5.73 Å². The predicted octanol–water partition coefficient (Wildman–Crippen LogP) is 2.72. The number of nitrogens with zero attached hydrogens (tertiary/aromatic N) is 2. The number of nitrogen functional groups attached to an aromatic ring is 1. The van der Waals surface area contributed by atoms with Gasteiger partial charge in [0.1, 0.15) is 0 Å². The summed E-state index contributed by atoms with van der Waals surface area (Å²) >= 11 is 0. The first-order chi connectivity index (χ1) is 8.84. The van der Waals surface area contributed by atoms with Crippen LogP contribution in [0.4, 0.5) is 5.69 Å². The monoisotopic (exact) mass is 236 g/mol. The Kier molecular flexibility index (Phi) is 2.53. The van der Waals surface area contributed by atoms with Gasteiger partial charge in [-0.15, -0.1) is 0 Å². The second-order valence-electron chi connectivity index (χ2n) is 3.96. The first-order valence-corrected chi connectivity index (χ1v) is 5.67. The number of hydrogen-bond acceptors (Lipinski definition) is 3. The third-order valence-corrected chi connectivity index (χ3v) is 2.73. The SMILES string of the molecule is Nc1ccccc1-c1nc(-c2ccccc2)n[nH]1. The number of H-pyrrole nitrogens is 1. The van der Waals surface area contributed by atoms with Crippen LogP contribution in [0.2, 0.25) is 0 Å². The molecule has 0 fully saturated rings. The zero-order chi connectivity index (χ0) is 12.4. The predicted molar refractivity (Wildman–Crippen MR) is 71.7 cm³/mol. The smallest absolute Gasteiger partial charge is 0.181 e. The lowest BCUT2D eigenvalue weighted by molar-refractivity contribution is 1.10. The van der Waals surface area contributed by atoms with E-state index < -0.39 is 0 Å². The highest BCUT2D eigenvalue weighted by Crippen LogP contribution is 2.24. The van der Waals surface area contributed by atoms with Crippen molar-refractivity contribution in [2.45, 2.75) is 0 Å². The molecule has 0 amide bonds. The number of para-hydroxylation sites is 1. The molecule has 0 bridgehead atoms. The van der Waals surface area contributed by atoms with Crippen molar-refractivity contribution in [3.05, 3.63) is 54.6 Å². The summed E-state index contributed by atoms with van der Waals surface area (Å²) in [5, 5.41) is 7.13. The maximum atomic E-state index is 5.91. The summed E-state index contributed by atoms with van der Waals surface area (Å²) in [5.41, 5.74) is 8.45. The molecule has 0 atom stereocenters. The van der Waals surface area contributed by atoms with E-state index in [1.165, 1.54) is 0 Å². The molecular formula is C14H12N4. The fourth-order valence-corrected chi connectivity index (χ4v) is 1.81. The molecule has 4 nitrogen and oxygen atoms in total. The maximum absolute atomic E-state index is 5.91. The molecule has 0 aliphatic heterocycles. The lowest BCUT2D eigenvalue weighted by Gasteiger charge is -1.99. The van der Waals surface area contributed by atoms with E-state index in [2.05, 4.69) is 15.2 Å². The highest BCUT2D eigenvalue weighted by atomic mass is 15.2. The van der Waals surface area contributed by atoms with Crippen LogP contribution in [0.5, 0.6) is 0 Å². The number of hydrogen-bond donors (Lipinski definition) is 2. The van der Waals surface area contributed by atoms with Crippen LogP contribution >= 0.6 is 0 Å². The van der Waals surface area contributed by atoms with Gasteiger partial charge in [0.15, 0.2) is 11.6 Å². The molecule has 1 aromatic heterocycles. The number of nitrogens with two attached hydrogens (primary N) is 1. The van der Waals surface area contributed by atoms with Gasteiger partial charge in [-0.2, -0.15) is 5.10 Å². The Balaban J connectivity index is 2.03. The first-order valence-electron chi connectivity index (χ1n) is 5.67. The number of nitrogens with one attached hydrogen (secondary N) is 1. The van der Waals surface area contributed by atoms with Crippen molar-refractivity contribution in [2.75, 3.05) is 5.73 Å². The number of aromatic amines is 1. The summed E-state index contributed by atoms with van der Waals surface area (Å²) < 4.78 is 0. The molecular weight excluding hydrogens is 224 g/mol. The quantitative estimate of drug-likeness (QED) is 0.672. The number of rotatable bonds is 2. The van der Waals surface area contributed by atoms with Crippen molar-refractivity contribution >= 4 is 5.69 Å². The third kappa shape index (κ3) is 1.84. The summed E-state index contributed by atoms with van der Waals surface area (Å²) in [7, 11) is 0. The highest BCUT2D eigenvalue weighted by Gasteiger charge is 2.08. The van der Waals surface area contributed by atoms with E-state index in [4.69, 9.17) is 5.73 Å². The molecule has 3 rings (SSSR count). The molecule has 0 spiro atoms. The largest absolute Gasteiger partial charge is 0.398 e. The fourth-order valence-electron chi connectivity index (χ4n) is 1.81. The minimum absolute atomic E-state index is 0.675. The summed E-state index contributed by atoms with van der Waals surface area (Å²) in [6, 6.07) is 17.4. The Morgan fingerprint density at radius 1 is 0.889 bits per heavy atom. The van der Waals surface area contributed by atoms with Crippen molar-refractivity contribution in [3.63, 3.8) is 0 Å². The van der Waals surface area contributed by atoms with Crippen LogP contribution in [0.3, 0.4) is 0 Å². The molecule has 3 aromatic rings. The van der Waals surface area contributed by atoms with E-state index in [0.29, 0.717) is 17.3 Å². The van der Waals surface area contributed by atoms with E-state index in [9.17, 15) is 0 Å². The molecule has 4 heteroatoms. The van der Waals surface area contributed by atoms with Gasteiger partial charge in [0.05, 0.1) is 0 Å². The summed E-state index contributed by atoms with van der Waals surface area (Å²) in [6.07, 6.45) is 0. The molecule has 18 heavy (non-hydrogen) atoms. The van der Waals surface area contributed by atoms with E-state index in [-0.39, 0.29) is 0 Å². The van der Waals surface area contributed by atoms with Gasteiger partial charge in [-0.25, -0.2) is 4.98 Å². The van der Waals surface area contributed by atoms with Crippen LogP contribution in [0, 0.1) is 0 Å². The van der Waals surface area contributed by atoms with Crippen LogP contribution < -0.4 is 5.73 Å². The van der Waals surface area contributed by atoms with Crippen LogP contribution in [0.15, 0.2) is 54.6 Å². The van der Waals surface area contributed by atoms with Crippen LogP contribution in [0.1, 0.15) is 0 Å². The van der Waals surface area contributed by atoms with Gasteiger partial charge in [0.2, 0.25) is 0 Å². The summed E-state index contributed by atoms with van der Waals surface area (Å²) in [6.45, 7) is 0. The van der Waals surface area contributed by atoms with E-state index in [1.54, 1.807) is 0 Å². The first kappa shape index (κ1) is 10.5. The second-order valence-corrected chi connectivity index (χ2v) is 3.96.